The van der Waals surface area contributed by atoms with E-state index in [0.717, 1.165) is 47.2 Å². The molecule has 1 heterocycles. The molecule has 0 amide bonds. The van der Waals surface area contributed by atoms with Gasteiger partial charge in [0.25, 0.3) is 9.84 Å². The van der Waals surface area contributed by atoms with Crippen LogP contribution < -0.4 is 14.8 Å². The van der Waals surface area contributed by atoms with Crippen molar-refractivity contribution in [3.8, 4) is 28.4 Å². The number of ether oxygens (including phenoxy) is 2. The van der Waals surface area contributed by atoms with Gasteiger partial charge in [-0.25, -0.2) is 8.42 Å². The molecule has 1 fully saturated rings. The predicted octanol–water partition coefficient (Wildman–Crippen LogP) is 7.96. The molecule has 0 spiro atoms. The maximum absolute atomic E-state index is 13.1. The number of allylic oxidation sites excluding steroid dienone is 1. The summed E-state index contributed by atoms with van der Waals surface area (Å²) in [7, 11) is -5.56. The van der Waals surface area contributed by atoms with Crippen LogP contribution in [0.1, 0.15) is 50.3 Å². The van der Waals surface area contributed by atoms with Gasteiger partial charge in [0.05, 0.1) is 15.6 Å². The third kappa shape index (κ3) is 4.99. The number of hydrogen-bond acceptors (Lipinski definition) is 6. The number of aromatic hydroxyl groups is 1. The fraction of sp³-hybridized carbons (Fsp3) is 0.310. The number of phenolic OH excluding ortho intramolecular Hbond substituents is 1. The number of rotatable bonds is 5. The van der Waals surface area contributed by atoms with Gasteiger partial charge in [-0.05, 0) is 83.8 Å². The van der Waals surface area contributed by atoms with Gasteiger partial charge in [0.2, 0.25) is 6.79 Å². The summed E-state index contributed by atoms with van der Waals surface area (Å²) in [6.45, 7) is 7.97. The van der Waals surface area contributed by atoms with Crippen LogP contribution in [0.2, 0.25) is 5.02 Å². The summed E-state index contributed by atoms with van der Waals surface area (Å²) in [5, 5.41) is 14.6. The van der Waals surface area contributed by atoms with Crippen molar-refractivity contribution in [2.24, 2.45) is 0 Å². The van der Waals surface area contributed by atoms with E-state index >= 15 is 0 Å². The smallest absolute Gasteiger partial charge is 0.501 e. The fourth-order valence-electron chi connectivity index (χ4n) is 4.68. The van der Waals surface area contributed by atoms with Crippen LogP contribution in [0.5, 0.6) is 17.2 Å². The normalized spacial score (nSPS) is 14.8. The molecule has 0 unspecified atom stereocenters. The molecule has 1 aliphatic heterocycles. The third-order valence-electron chi connectivity index (χ3n) is 6.97. The van der Waals surface area contributed by atoms with Crippen molar-refractivity contribution in [2.75, 3.05) is 12.1 Å². The van der Waals surface area contributed by atoms with Gasteiger partial charge in [-0.15, -0.1) is 0 Å². The second-order valence-electron chi connectivity index (χ2n) is 10.8. The number of sulfone groups is 1. The number of phenols is 1. The SMILES string of the molecule is Cc1c(-c2ccc3c(c2)OCO3)cc(C(C)(C)C)c(O)c1C(Nc1ccc(S(=O)(=O)C(F)(F)F)cc1Cl)=C1CC1. The highest BCUT2D eigenvalue weighted by molar-refractivity contribution is 7.92. The van der Waals surface area contributed by atoms with Crippen LogP contribution >= 0.6 is 11.6 Å². The highest BCUT2D eigenvalue weighted by atomic mass is 35.5. The van der Waals surface area contributed by atoms with Gasteiger partial charge in [0, 0.05) is 16.8 Å². The third-order valence-corrected chi connectivity index (χ3v) is 8.77. The molecule has 0 atom stereocenters. The lowest BCUT2D eigenvalue weighted by Gasteiger charge is -2.27. The summed E-state index contributed by atoms with van der Waals surface area (Å²) in [5.41, 5.74) is -0.408. The van der Waals surface area contributed by atoms with Crippen molar-refractivity contribution in [2.45, 2.75) is 56.4 Å². The van der Waals surface area contributed by atoms with Gasteiger partial charge in [-0.3, -0.25) is 0 Å². The van der Waals surface area contributed by atoms with Crippen LogP contribution in [-0.4, -0.2) is 25.8 Å². The minimum Gasteiger partial charge on any atom is -0.507 e. The minimum absolute atomic E-state index is 0.0729. The number of nitrogens with one attached hydrogen (secondary N) is 1. The molecular weight excluding hydrogens is 567 g/mol. The van der Waals surface area contributed by atoms with Gasteiger partial charge in [0.1, 0.15) is 5.75 Å². The molecule has 11 heteroatoms. The van der Waals surface area contributed by atoms with Crippen LogP contribution in [0.25, 0.3) is 16.8 Å². The van der Waals surface area contributed by atoms with Crippen LogP contribution in [0.3, 0.4) is 0 Å². The number of anilines is 1. The zero-order valence-electron chi connectivity index (χ0n) is 22.2. The summed E-state index contributed by atoms with van der Waals surface area (Å²) < 4.78 is 74.0. The quantitative estimate of drug-likeness (QED) is 0.312. The van der Waals surface area contributed by atoms with Crippen LogP contribution in [0.4, 0.5) is 18.9 Å². The van der Waals surface area contributed by atoms with E-state index in [1.54, 1.807) is 0 Å². The van der Waals surface area contributed by atoms with E-state index < -0.39 is 25.7 Å². The number of hydrogen-bond donors (Lipinski definition) is 2. The molecule has 2 aliphatic rings. The highest BCUT2D eigenvalue weighted by Crippen LogP contribution is 2.48. The van der Waals surface area contributed by atoms with Gasteiger partial charge in [0.15, 0.2) is 11.5 Å². The first-order chi connectivity index (χ1) is 18.6. The zero-order chi connectivity index (χ0) is 29.2. The van der Waals surface area contributed by atoms with E-state index in [4.69, 9.17) is 21.1 Å². The second-order valence-corrected chi connectivity index (χ2v) is 13.2. The Balaban J connectivity index is 1.64. The van der Waals surface area contributed by atoms with Crippen molar-refractivity contribution in [1.29, 1.82) is 0 Å². The first kappa shape index (κ1) is 28.2. The Labute approximate surface area is 235 Å². The predicted molar refractivity (Wildman–Crippen MR) is 148 cm³/mol. The van der Waals surface area contributed by atoms with Crippen LogP contribution in [0, 0.1) is 6.92 Å². The Morgan fingerprint density at radius 3 is 2.27 bits per heavy atom. The van der Waals surface area contributed by atoms with E-state index in [2.05, 4.69) is 5.32 Å². The molecule has 2 N–H and O–H groups in total. The van der Waals surface area contributed by atoms with Crippen LogP contribution in [-0.2, 0) is 15.3 Å². The number of alkyl halides is 3. The van der Waals surface area contributed by atoms with E-state index in [1.165, 1.54) is 6.07 Å². The summed E-state index contributed by atoms with van der Waals surface area (Å²) >= 11 is 6.30. The molecule has 1 aliphatic carbocycles. The summed E-state index contributed by atoms with van der Waals surface area (Å²) in [5.74, 6) is 1.33. The van der Waals surface area contributed by atoms with Gasteiger partial charge in [-0.1, -0.05) is 38.4 Å². The average molecular weight is 594 g/mol. The average Bonchev–Trinajstić information content (AvgIpc) is 3.59. The Morgan fingerprint density at radius 1 is 1.00 bits per heavy atom. The van der Waals surface area contributed by atoms with Crippen molar-refractivity contribution in [3.05, 3.63) is 69.8 Å². The maximum atomic E-state index is 13.1. The molecule has 0 saturated heterocycles. The van der Waals surface area contributed by atoms with E-state index in [9.17, 15) is 26.7 Å². The molecule has 0 radical (unpaired) electrons. The Bertz CT molecular complexity index is 1670. The Morgan fingerprint density at radius 2 is 1.68 bits per heavy atom. The molecule has 6 nitrogen and oxygen atoms in total. The monoisotopic (exact) mass is 593 g/mol. The number of fused-ring (bicyclic) bond motifs is 1. The lowest BCUT2D eigenvalue weighted by atomic mass is 9.80. The summed E-state index contributed by atoms with van der Waals surface area (Å²) in [6.07, 6.45) is 1.50. The molecule has 5 rings (SSSR count). The topological polar surface area (TPSA) is 84.9 Å². The molecule has 0 bridgehead atoms. The van der Waals surface area contributed by atoms with Crippen molar-refractivity contribution < 1.29 is 36.2 Å². The number of halogens is 4. The Kier molecular flexibility index (Phi) is 6.78. The van der Waals surface area contributed by atoms with Crippen molar-refractivity contribution in [3.63, 3.8) is 0 Å². The lowest BCUT2D eigenvalue weighted by molar-refractivity contribution is -0.0436. The molecule has 40 heavy (non-hydrogen) atoms. The van der Waals surface area contributed by atoms with Crippen molar-refractivity contribution in [1.82, 2.24) is 0 Å². The largest absolute Gasteiger partial charge is 0.507 e. The molecule has 1 saturated carbocycles. The summed E-state index contributed by atoms with van der Waals surface area (Å²) in [4.78, 5) is -0.949. The fourth-order valence-corrected chi connectivity index (χ4v) is 5.76. The van der Waals surface area contributed by atoms with Crippen molar-refractivity contribution >= 4 is 32.8 Å². The molecule has 0 aromatic heterocycles. The zero-order valence-corrected chi connectivity index (χ0v) is 23.7. The second kappa shape index (κ2) is 9.62. The van der Waals surface area contributed by atoms with Gasteiger partial charge < -0.3 is 19.9 Å². The van der Waals surface area contributed by atoms with E-state index in [1.807, 2.05) is 52.0 Å². The first-order valence-electron chi connectivity index (χ1n) is 12.5. The van der Waals surface area contributed by atoms with Crippen LogP contribution in [0.15, 0.2) is 52.9 Å². The van der Waals surface area contributed by atoms with Gasteiger partial charge in [-0.2, -0.15) is 13.2 Å². The lowest BCUT2D eigenvalue weighted by Crippen LogP contribution is -2.23. The van der Waals surface area contributed by atoms with E-state index in [-0.39, 0.29) is 23.3 Å². The Hall–Kier alpha value is -3.37. The minimum atomic E-state index is -5.56. The first-order valence-corrected chi connectivity index (χ1v) is 14.3. The molecule has 3 aromatic rings. The molecule has 3 aromatic carbocycles. The highest BCUT2D eigenvalue weighted by Gasteiger charge is 2.47. The maximum Gasteiger partial charge on any atom is 0.501 e. The standard InChI is InChI=1S/C29H27ClF3NO5S/c1-15-19(17-7-10-23-24(11-17)39-14-38-23)13-20(28(2,3)4)27(35)25(15)26(16-5-6-16)34-22-9-8-18(12-21(22)30)40(36,37)29(31,32)33/h7-13,34-35H,5-6,14H2,1-4H3. The van der Waals surface area contributed by atoms with E-state index in [0.29, 0.717) is 28.3 Å². The number of benzene rings is 3. The molecular formula is C29H27ClF3NO5S. The summed E-state index contributed by atoms with van der Waals surface area (Å²) in [6, 6.07) is 10.4. The van der Waals surface area contributed by atoms with Gasteiger partial charge >= 0.3 is 5.51 Å². The molecule has 212 valence electrons.